The lowest BCUT2D eigenvalue weighted by Crippen LogP contribution is -2.48. The smallest absolute Gasteiger partial charge is 0.349 e. The van der Waals surface area contributed by atoms with Gasteiger partial charge in [-0.2, -0.15) is 0 Å². The highest BCUT2D eigenvalue weighted by atomic mass is 31.2. The number of hydrogen-bond acceptors (Lipinski definition) is 8. The fourth-order valence-corrected chi connectivity index (χ4v) is 5.02. The molecule has 2 fully saturated rings. The van der Waals surface area contributed by atoms with Gasteiger partial charge in [0.05, 0.1) is 13.2 Å². The Balaban J connectivity index is 1.90. The third kappa shape index (κ3) is 4.18. The first-order valence-corrected chi connectivity index (χ1v) is 10.8. The number of fused-ring (bicyclic) bond motifs is 1. The zero-order chi connectivity index (χ0) is 21.2. The van der Waals surface area contributed by atoms with Crippen molar-refractivity contribution in [2.75, 3.05) is 13.2 Å². The van der Waals surface area contributed by atoms with Crippen LogP contribution in [0.3, 0.4) is 0 Å². The molecule has 0 aliphatic carbocycles. The first-order chi connectivity index (χ1) is 13.8. The van der Waals surface area contributed by atoms with E-state index in [9.17, 15) is 14.2 Å². The Morgan fingerprint density at radius 1 is 1.48 bits per heavy atom. The van der Waals surface area contributed by atoms with Crippen LogP contribution in [0.2, 0.25) is 0 Å². The van der Waals surface area contributed by atoms with Crippen molar-refractivity contribution in [3.05, 3.63) is 43.5 Å². The first kappa shape index (κ1) is 21.8. The molecule has 2 aliphatic rings. The summed E-state index contributed by atoms with van der Waals surface area (Å²) in [5.74, 6) is 0.196. The molecule has 0 unspecified atom stereocenters. The van der Waals surface area contributed by atoms with Gasteiger partial charge in [-0.1, -0.05) is 31.8 Å². The maximum Gasteiger partial charge on any atom is 0.475 e. The third-order valence-electron chi connectivity index (χ3n) is 5.34. The zero-order valence-corrected chi connectivity index (χ0v) is 17.3. The molecule has 1 aromatic heterocycles. The minimum Gasteiger partial charge on any atom is -0.349 e. The maximum atomic E-state index is 13.0. The zero-order valence-electron chi connectivity index (χ0n) is 16.4. The van der Waals surface area contributed by atoms with Gasteiger partial charge in [-0.15, -0.1) is 0 Å². The molecule has 2 aliphatic heterocycles. The van der Waals surface area contributed by atoms with Gasteiger partial charge in [-0.3, -0.25) is 27.9 Å². The maximum absolute atomic E-state index is 13.0. The molecule has 2 saturated heterocycles. The molecule has 160 valence electrons. The van der Waals surface area contributed by atoms with E-state index in [1.54, 1.807) is 0 Å². The van der Waals surface area contributed by atoms with E-state index in [4.69, 9.17) is 23.8 Å². The average Bonchev–Trinajstić information content (AvgIpc) is 2.95. The van der Waals surface area contributed by atoms with Crippen LogP contribution in [0.25, 0.3) is 10.4 Å². The molecule has 3 heterocycles. The molecule has 5 atom stereocenters. The van der Waals surface area contributed by atoms with E-state index in [-0.39, 0.29) is 19.1 Å². The molecule has 0 aromatic carbocycles. The van der Waals surface area contributed by atoms with E-state index in [0.29, 0.717) is 0 Å². The van der Waals surface area contributed by atoms with Crippen LogP contribution in [-0.2, 0) is 22.9 Å². The molecule has 0 radical (unpaired) electrons. The second-order valence-corrected chi connectivity index (χ2v) is 8.83. The molecule has 0 spiro atoms. The Morgan fingerprint density at radius 2 is 2.21 bits per heavy atom. The topological polar surface area (TPSA) is 158 Å². The van der Waals surface area contributed by atoms with E-state index in [0.717, 1.165) is 23.5 Å². The molecule has 0 bridgehead atoms. The van der Waals surface area contributed by atoms with Gasteiger partial charge in [0.2, 0.25) is 0 Å². The molecule has 29 heavy (non-hydrogen) atoms. The second kappa shape index (κ2) is 8.43. The molecule has 1 aromatic rings. The summed E-state index contributed by atoms with van der Waals surface area (Å²) in [7, 11) is -3.91. The van der Waals surface area contributed by atoms with Crippen molar-refractivity contribution in [2.45, 2.75) is 57.6 Å². The summed E-state index contributed by atoms with van der Waals surface area (Å²) >= 11 is 0. The van der Waals surface area contributed by atoms with Crippen LogP contribution in [0.4, 0.5) is 0 Å². The lowest BCUT2D eigenvalue weighted by atomic mass is 9.93. The minimum absolute atomic E-state index is 0.129. The third-order valence-corrected chi connectivity index (χ3v) is 6.76. The highest BCUT2D eigenvalue weighted by Crippen LogP contribution is 2.59. The SMILES string of the molecule is CCC(CC)CO[P@]1(=O)OC[C@H]2O[C@@H](n3ccc(=O)[nH]c3=O)[C@](C)(N=[N+]=[N-])[C@@H]2O1. The summed E-state index contributed by atoms with van der Waals surface area (Å²) in [6, 6.07) is 1.14. The van der Waals surface area contributed by atoms with E-state index < -0.39 is 43.0 Å². The van der Waals surface area contributed by atoms with Gasteiger partial charge in [0.15, 0.2) is 6.23 Å². The van der Waals surface area contributed by atoms with Crippen LogP contribution in [0.15, 0.2) is 27.0 Å². The van der Waals surface area contributed by atoms with Crippen molar-refractivity contribution in [3.63, 3.8) is 0 Å². The summed E-state index contributed by atoms with van der Waals surface area (Å²) < 4.78 is 36.4. The minimum atomic E-state index is -3.91. The van der Waals surface area contributed by atoms with Crippen molar-refractivity contribution in [1.29, 1.82) is 0 Å². The monoisotopic (exact) mass is 429 g/mol. The van der Waals surface area contributed by atoms with Crippen LogP contribution < -0.4 is 11.2 Å². The average molecular weight is 429 g/mol. The number of H-pyrrole nitrogens is 1. The highest BCUT2D eigenvalue weighted by molar-refractivity contribution is 7.48. The number of nitrogens with one attached hydrogen (secondary N) is 1. The fourth-order valence-electron chi connectivity index (χ4n) is 3.48. The summed E-state index contributed by atoms with van der Waals surface area (Å²) in [5, 5.41) is 3.80. The van der Waals surface area contributed by atoms with E-state index in [2.05, 4.69) is 15.0 Å². The predicted octanol–water partition coefficient (Wildman–Crippen LogP) is 2.48. The van der Waals surface area contributed by atoms with Gasteiger partial charge in [0.25, 0.3) is 5.56 Å². The van der Waals surface area contributed by atoms with Crippen LogP contribution in [0, 0.1) is 5.92 Å². The summed E-state index contributed by atoms with van der Waals surface area (Å²) in [6.45, 7) is 5.60. The van der Waals surface area contributed by atoms with E-state index >= 15 is 0 Å². The largest absolute Gasteiger partial charge is 0.475 e. The van der Waals surface area contributed by atoms with Gasteiger partial charge in [-0.05, 0) is 18.4 Å². The fraction of sp³-hybridized carbons (Fsp3) is 0.750. The van der Waals surface area contributed by atoms with Gasteiger partial charge in [0, 0.05) is 17.2 Å². The van der Waals surface area contributed by atoms with Gasteiger partial charge in [0.1, 0.15) is 17.7 Å². The van der Waals surface area contributed by atoms with Gasteiger partial charge < -0.3 is 4.74 Å². The number of hydrogen-bond donors (Lipinski definition) is 1. The van der Waals surface area contributed by atoms with E-state index in [1.807, 2.05) is 13.8 Å². The summed E-state index contributed by atoms with van der Waals surface area (Å²) in [6.07, 6.45) is 0.0837. The number of azide groups is 1. The van der Waals surface area contributed by atoms with Crippen LogP contribution in [0.5, 0.6) is 0 Å². The Morgan fingerprint density at radius 3 is 2.83 bits per heavy atom. The number of phosphoric acid groups is 1. The summed E-state index contributed by atoms with van der Waals surface area (Å²) in [4.78, 5) is 28.6. The molecule has 3 rings (SSSR count). The normalized spacial score (nSPS) is 34.0. The second-order valence-electron chi connectivity index (χ2n) is 7.21. The Bertz CT molecular complexity index is 953. The molecule has 1 N–H and O–H groups in total. The van der Waals surface area contributed by atoms with Crippen LogP contribution in [0.1, 0.15) is 39.8 Å². The number of aromatic amines is 1. The number of aromatic nitrogens is 2. The number of phosphoric ester groups is 1. The van der Waals surface area contributed by atoms with Crippen molar-refractivity contribution in [2.24, 2.45) is 11.0 Å². The first-order valence-electron chi connectivity index (χ1n) is 9.37. The van der Waals surface area contributed by atoms with Crippen LogP contribution in [-0.4, -0.2) is 40.5 Å². The molecule has 0 saturated carbocycles. The van der Waals surface area contributed by atoms with Gasteiger partial charge in [-0.25, -0.2) is 9.36 Å². The van der Waals surface area contributed by atoms with Crippen molar-refractivity contribution >= 4 is 7.82 Å². The van der Waals surface area contributed by atoms with Crippen molar-refractivity contribution < 1.29 is 22.9 Å². The molecule has 13 heteroatoms. The predicted molar refractivity (Wildman–Crippen MR) is 101 cm³/mol. The lowest BCUT2D eigenvalue weighted by molar-refractivity contribution is -0.0733. The lowest BCUT2D eigenvalue weighted by Gasteiger charge is -2.35. The molecule has 12 nitrogen and oxygen atoms in total. The summed E-state index contributed by atoms with van der Waals surface area (Å²) in [5.41, 5.74) is 6.34. The number of ether oxygens (including phenoxy) is 1. The van der Waals surface area contributed by atoms with E-state index in [1.165, 1.54) is 13.1 Å². The molecular formula is C16H24N5O7P. The van der Waals surface area contributed by atoms with Crippen molar-refractivity contribution in [1.82, 2.24) is 9.55 Å². The Hall–Kier alpha value is -1.94. The standard InChI is InChI=1S/C16H24N5O7P/c1-4-10(5-2)8-25-29(24)26-9-11-13(28-29)16(3,19-20-17)14(27-11)21-7-6-12(22)18-15(21)23/h6-7,10-11,13-14H,4-5,8-9H2,1-3H3,(H,18,22,23)/t11-,13-,14-,16-,29-/m1/s1. The highest BCUT2D eigenvalue weighted by Gasteiger charge is 2.60. The Labute approximate surface area is 166 Å². The molecular weight excluding hydrogens is 405 g/mol. The quantitative estimate of drug-likeness (QED) is 0.302. The molecule has 0 amide bonds. The van der Waals surface area contributed by atoms with Crippen LogP contribution >= 0.6 is 7.82 Å². The van der Waals surface area contributed by atoms with Gasteiger partial charge >= 0.3 is 13.5 Å². The number of nitrogens with zero attached hydrogens (tertiary/aromatic N) is 4. The number of rotatable bonds is 7. The Kier molecular flexibility index (Phi) is 6.33. The van der Waals surface area contributed by atoms with Crippen molar-refractivity contribution in [3.8, 4) is 0 Å².